The number of likely N-dealkylation sites (tertiary alicyclic amines) is 1. The molecular weight excluding hydrogens is 238 g/mol. The Bertz CT molecular complexity index is 382. The molecule has 3 heteroatoms. The number of β-amino-alcohol motifs (C(OH)–C–C–N with tert-alkyl or cyclic N) is 1. The minimum Gasteiger partial charge on any atom is -0.389 e. The summed E-state index contributed by atoms with van der Waals surface area (Å²) in [7, 11) is 1.63. The van der Waals surface area contributed by atoms with Gasteiger partial charge in [-0.2, -0.15) is 0 Å². The lowest BCUT2D eigenvalue weighted by Crippen LogP contribution is -2.47. The molecule has 0 spiro atoms. The van der Waals surface area contributed by atoms with Crippen LogP contribution in [0.1, 0.15) is 25.3 Å². The van der Waals surface area contributed by atoms with Crippen LogP contribution in [0.2, 0.25) is 0 Å². The van der Waals surface area contributed by atoms with E-state index in [4.69, 9.17) is 4.74 Å². The third-order valence-electron chi connectivity index (χ3n) is 4.07. The topological polar surface area (TPSA) is 32.7 Å². The summed E-state index contributed by atoms with van der Waals surface area (Å²) in [5, 5.41) is 9.88. The quantitative estimate of drug-likeness (QED) is 0.882. The number of hydrogen-bond acceptors (Lipinski definition) is 3. The summed E-state index contributed by atoms with van der Waals surface area (Å²) in [6, 6.07) is 10.7. The van der Waals surface area contributed by atoms with Crippen LogP contribution in [0, 0.1) is 0 Å². The summed E-state index contributed by atoms with van der Waals surface area (Å²) in [5.41, 5.74) is 1.60. The zero-order valence-electron chi connectivity index (χ0n) is 12.0. The largest absolute Gasteiger partial charge is 0.389 e. The number of rotatable bonds is 5. The fourth-order valence-corrected chi connectivity index (χ4v) is 3.12. The molecule has 1 heterocycles. The molecule has 0 amide bonds. The molecule has 0 aliphatic carbocycles. The van der Waals surface area contributed by atoms with Gasteiger partial charge in [-0.05, 0) is 24.9 Å². The van der Waals surface area contributed by atoms with Gasteiger partial charge in [0.25, 0.3) is 0 Å². The van der Waals surface area contributed by atoms with E-state index < -0.39 is 0 Å². The first kappa shape index (κ1) is 14.5. The predicted molar refractivity (Wildman–Crippen MR) is 77.4 cm³/mol. The Morgan fingerprint density at radius 1 is 1.37 bits per heavy atom. The Morgan fingerprint density at radius 3 is 2.79 bits per heavy atom. The number of ether oxygens (including phenoxy) is 1. The van der Waals surface area contributed by atoms with Crippen LogP contribution < -0.4 is 0 Å². The molecule has 3 nitrogen and oxygen atoms in total. The van der Waals surface area contributed by atoms with Crippen LogP contribution in [0.5, 0.6) is 0 Å². The highest BCUT2D eigenvalue weighted by molar-refractivity contribution is 5.25. The van der Waals surface area contributed by atoms with E-state index in [1.54, 1.807) is 7.11 Å². The highest BCUT2D eigenvalue weighted by Crippen LogP contribution is 2.33. The van der Waals surface area contributed by atoms with Gasteiger partial charge in [0.15, 0.2) is 0 Å². The van der Waals surface area contributed by atoms with Crippen LogP contribution in [-0.2, 0) is 10.2 Å². The van der Waals surface area contributed by atoms with E-state index in [2.05, 4.69) is 42.2 Å². The Kier molecular flexibility index (Phi) is 4.97. The second kappa shape index (κ2) is 6.51. The van der Waals surface area contributed by atoms with Crippen molar-refractivity contribution in [3.8, 4) is 0 Å². The van der Waals surface area contributed by atoms with Gasteiger partial charge in [-0.3, -0.25) is 4.90 Å². The third kappa shape index (κ3) is 3.78. The molecule has 1 N–H and O–H groups in total. The van der Waals surface area contributed by atoms with Crippen LogP contribution >= 0.6 is 0 Å². The first-order valence-electron chi connectivity index (χ1n) is 7.09. The van der Waals surface area contributed by atoms with E-state index in [9.17, 15) is 5.11 Å². The van der Waals surface area contributed by atoms with E-state index in [1.165, 1.54) is 18.4 Å². The molecule has 19 heavy (non-hydrogen) atoms. The first-order chi connectivity index (χ1) is 9.14. The second-order valence-corrected chi connectivity index (χ2v) is 5.87. The van der Waals surface area contributed by atoms with Crippen molar-refractivity contribution in [2.24, 2.45) is 0 Å². The number of aliphatic hydroxyl groups excluding tert-OH is 1. The third-order valence-corrected chi connectivity index (χ3v) is 4.07. The molecule has 1 fully saturated rings. The Labute approximate surface area is 116 Å². The maximum Gasteiger partial charge on any atom is 0.0900 e. The standard InChI is InChI=1S/C16H25NO2/c1-16(14-7-4-3-5-8-14)9-6-10-17(13-16)11-15(18)12-19-2/h3-5,7-8,15,18H,6,9-13H2,1-2H3. The van der Waals surface area contributed by atoms with Gasteiger partial charge in [-0.15, -0.1) is 0 Å². The normalized spacial score (nSPS) is 26.3. The summed E-state index contributed by atoms with van der Waals surface area (Å²) in [6.45, 7) is 5.53. The molecule has 1 saturated heterocycles. The van der Waals surface area contributed by atoms with Crippen LogP contribution in [0.4, 0.5) is 0 Å². The molecule has 1 aliphatic rings. The van der Waals surface area contributed by atoms with E-state index in [1.807, 2.05) is 0 Å². The molecule has 2 rings (SSSR count). The summed E-state index contributed by atoms with van der Waals surface area (Å²) >= 11 is 0. The van der Waals surface area contributed by atoms with Crippen molar-refractivity contribution in [2.45, 2.75) is 31.3 Å². The van der Waals surface area contributed by atoms with Crippen molar-refractivity contribution in [3.63, 3.8) is 0 Å². The summed E-state index contributed by atoms with van der Waals surface area (Å²) < 4.78 is 5.01. The number of nitrogens with zero attached hydrogens (tertiary/aromatic N) is 1. The minimum absolute atomic E-state index is 0.201. The molecule has 1 aromatic rings. The van der Waals surface area contributed by atoms with Gasteiger partial charge in [0.1, 0.15) is 0 Å². The zero-order valence-corrected chi connectivity index (χ0v) is 12.0. The van der Waals surface area contributed by atoms with Crippen LogP contribution in [0.3, 0.4) is 0 Å². The summed E-state index contributed by atoms with van der Waals surface area (Å²) in [6.07, 6.45) is 2.02. The van der Waals surface area contributed by atoms with Crippen molar-refractivity contribution in [1.29, 1.82) is 0 Å². The fraction of sp³-hybridized carbons (Fsp3) is 0.625. The second-order valence-electron chi connectivity index (χ2n) is 5.87. The lowest BCUT2D eigenvalue weighted by atomic mass is 9.76. The van der Waals surface area contributed by atoms with E-state index >= 15 is 0 Å². The molecule has 1 aromatic carbocycles. The van der Waals surface area contributed by atoms with Crippen molar-refractivity contribution in [1.82, 2.24) is 4.90 Å². The van der Waals surface area contributed by atoms with E-state index in [-0.39, 0.29) is 11.5 Å². The van der Waals surface area contributed by atoms with Gasteiger partial charge in [-0.25, -0.2) is 0 Å². The van der Waals surface area contributed by atoms with Crippen LogP contribution in [-0.4, -0.2) is 49.5 Å². The molecule has 0 aromatic heterocycles. The number of methoxy groups -OCH3 is 1. The molecule has 0 bridgehead atoms. The molecule has 2 unspecified atom stereocenters. The number of aliphatic hydroxyl groups is 1. The lowest BCUT2D eigenvalue weighted by molar-refractivity contribution is 0.0245. The van der Waals surface area contributed by atoms with E-state index in [0.717, 1.165) is 13.1 Å². The molecule has 1 aliphatic heterocycles. The van der Waals surface area contributed by atoms with Gasteiger partial charge in [0, 0.05) is 25.6 Å². The van der Waals surface area contributed by atoms with Gasteiger partial charge in [0.2, 0.25) is 0 Å². The van der Waals surface area contributed by atoms with Crippen LogP contribution in [0.25, 0.3) is 0 Å². The van der Waals surface area contributed by atoms with Gasteiger partial charge < -0.3 is 9.84 Å². The van der Waals surface area contributed by atoms with Crippen LogP contribution in [0.15, 0.2) is 30.3 Å². The molecule has 2 atom stereocenters. The zero-order chi connectivity index (χ0) is 13.7. The average Bonchev–Trinajstić information content (AvgIpc) is 2.40. The van der Waals surface area contributed by atoms with Gasteiger partial charge in [-0.1, -0.05) is 37.3 Å². The fourth-order valence-electron chi connectivity index (χ4n) is 3.12. The number of hydrogen-bond donors (Lipinski definition) is 1. The lowest BCUT2D eigenvalue weighted by Gasteiger charge is -2.41. The Balaban J connectivity index is 2.00. The van der Waals surface area contributed by atoms with Crippen molar-refractivity contribution in [2.75, 3.05) is 33.4 Å². The SMILES string of the molecule is COCC(O)CN1CCCC(C)(c2ccccc2)C1. The maximum absolute atomic E-state index is 9.88. The number of piperidine rings is 1. The summed E-state index contributed by atoms with van der Waals surface area (Å²) in [4.78, 5) is 2.36. The van der Waals surface area contributed by atoms with Gasteiger partial charge in [0.05, 0.1) is 12.7 Å². The summed E-state index contributed by atoms with van der Waals surface area (Å²) in [5.74, 6) is 0. The Morgan fingerprint density at radius 2 is 2.11 bits per heavy atom. The molecule has 0 radical (unpaired) electrons. The highest BCUT2D eigenvalue weighted by atomic mass is 16.5. The molecular formula is C16H25NO2. The smallest absolute Gasteiger partial charge is 0.0900 e. The highest BCUT2D eigenvalue weighted by Gasteiger charge is 2.32. The van der Waals surface area contributed by atoms with Gasteiger partial charge >= 0.3 is 0 Å². The monoisotopic (exact) mass is 263 g/mol. The first-order valence-corrected chi connectivity index (χ1v) is 7.09. The van der Waals surface area contributed by atoms with Crippen molar-refractivity contribution in [3.05, 3.63) is 35.9 Å². The maximum atomic E-state index is 9.88. The van der Waals surface area contributed by atoms with Crippen molar-refractivity contribution < 1.29 is 9.84 Å². The Hall–Kier alpha value is -0.900. The average molecular weight is 263 g/mol. The minimum atomic E-state index is -0.386. The number of benzene rings is 1. The molecule has 106 valence electrons. The molecule has 0 saturated carbocycles. The van der Waals surface area contributed by atoms with E-state index in [0.29, 0.717) is 13.2 Å². The predicted octanol–water partition coefficient (Wildman–Crippen LogP) is 2.05. The van der Waals surface area contributed by atoms with Crippen molar-refractivity contribution >= 4 is 0 Å².